The van der Waals surface area contributed by atoms with Crippen molar-refractivity contribution in [3.8, 4) is 5.75 Å². The van der Waals surface area contributed by atoms with Crippen LogP contribution in [0.3, 0.4) is 0 Å². The molecule has 1 heterocycles. The molecule has 0 saturated carbocycles. The van der Waals surface area contributed by atoms with Gasteiger partial charge in [-0.2, -0.15) is 0 Å². The number of methoxy groups -OCH3 is 1. The molecular formula is C19H21ClNNaO7. The molecule has 3 rings (SSSR count). The first-order valence-corrected chi connectivity index (χ1v) is 7.98. The molecular weight excluding hydrogens is 413 g/mol. The van der Waals surface area contributed by atoms with Gasteiger partial charge in [0.05, 0.1) is 12.6 Å². The fourth-order valence-corrected chi connectivity index (χ4v) is 3.16. The van der Waals surface area contributed by atoms with Gasteiger partial charge in [0.2, 0.25) is 0 Å². The number of carboxylic acid groups (broad SMARTS) is 1. The van der Waals surface area contributed by atoms with Gasteiger partial charge >= 0.3 is 29.6 Å². The van der Waals surface area contributed by atoms with Crippen molar-refractivity contribution in [2.24, 2.45) is 0 Å². The van der Waals surface area contributed by atoms with Gasteiger partial charge in [-0.1, -0.05) is 17.7 Å². The zero-order chi connectivity index (χ0) is 18.1. The first-order chi connectivity index (χ1) is 11.9. The molecule has 0 atom stereocenters. The Labute approximate surface area is 194 Å². The molecule has 6 N–H and O–H groups in total. The van der Waals surface area contributed by atoms with Crippen molar-refractivity contribution in [1.29, 1.82) is 0 Å². The Morgan fingerprint density at radius 2 is 1.76 bits per heavy atom. The van der Waals surface area contributed by atoms with Gasteiger partial charge in [0.25, 0.3) is 5.91 Å². The minimum absolute atomic E-state index is 0. The van der Waals surface area contributed by atoms with E-state index in [0.29, 0.717) is 38.5 Å². The second-order valence-electron chi connectivity index (χ2n) is 5.65. The number of rotatable bonds is 4. The Hall–Kier alpha value is -1.91. The number of hydrogen-bond donors (Lipinski definition) is 0. The number of aromatic nitrogens is 1. The average molecular weight is 434 g/mol. The summed E-state index contributed by atoms with van der Waals surface area (Å²) in [6.45, 7) is 1.72. The smallest absolute Gasteiger partial charge is 0.550 e. The molecule has 0 amide bonds. The standard InChI is InChI=1S/C19H16ClNO4.Na.3H2O/c1-11-15(10-18(22)23)16-9-14(25-2)6-7-17(16)21(11)19(24)12-4-3-5-13(20)8-12;;;;/h3-9H,10H2,1-2H3,(H,22,23);;3*1H2/q;+1;;;/p-1. The zero-order valence-electron chi connectivity index (χ0n) is 16.2. The van der Waals surface area contributed by atoms with Crippen LogP contribution in [0, 0.1) is 6.92 Å². The second kappa shape index (κ2) is 11.9. The summed E-state index contributed by atoms with van der Waals surface area (Å²) in [4.78, 5) is 24.2. The van der Waals surface area contributed by atoms with Crippen molar-refractivity contribution in [1.82, 2.24) is 4.57 Å². The molecule has 0 aliphatic heterocycles. The first kappa shape index (κ1) is 29.3. The third-order valence-corrected chi connectivity index (χ3v) is 4.37. The van der Waals surface area contributed by atoms with E-state index in [1.807, 2.05) is 0 Å². The van der Waals surface area contributed by atoms with Crippen LogP contribution >= 0.6 is 11.6 Å². The molecule has 0 fully saturated rings. The summed E-state index contributed by atoms with van der Waals surface area (Å²) in [6.07, 6.45) is -0.286. The Bertz CT molecular complexity index is 1000. The van der Waals surface area contributed by atoms with Crippen LogP contribution in [-0.4, -0.2) is 40.0 Å². The third kappa shape index (κ3) is 5.80. The van der Waals surface area contributed by atoms with Gasteiger partial charge in [-0.15, -0.1) is 0 Å². The molecule has 29 heavy (non-hydrogen) atoms. The van der Waals surface area contributed by atoms with E-state index in [1.165, 1.54) is 11.7 Å². The van der Waals surface area contributed by atoms with Crippen molar-refractivity contribution in [3.63, 3.8) is 0 Å². The molecule has 0 radical (unpaired) electrons. The van der Waals surface area contributed by atoms with Gasteiger partial charge in [-0.05, 0) is 48.9 Å². The SMILES string of the molecule is COc1ccc2c(c1)c(CC(=O)[O-])c(C)n2C(=O)c1cccc(Cl)c1.O.O.O.[Na+]. The van der Waals surface area contributed by atoms with E-state index < -0.39 is 5.97 Å². The summed E-state index contributed by atoms with van der Waals surface area (Å²) in [5.74, 6) is -0.903. The Morgan fingerprint density at radius 3 is 2.31 bits per heavy atom. The van der Waals surface area contributed by atoms with Crippen molar-refractivity contribution in [3.05, 3.63) is 64.3 Å². The number of carbonyl (C=O) groups excluding carboxylic acids is 2. The molecule has 0 aliphatic carbocycles. The topological polar surface area (TPSA) is 166 Å². The molecule has 1 aromatic heterocycles. The summed E-state index contributed by atoms with van der Waals surface area (Å²) in [5.41, 5.74) is 2.12. The summed E-state index contributed by atoms with van der Waals surface area (Å²) in [6, 6.07) is 11.8. The average Bonchev–Trinajstić information content (AvgIpc) is 2.85. The monoisotopic (exact) mass is 433 g/mol. The quantitative estimate of drug-likeness (QED) is 0.403. The first-order valence-electron chi connectivity index (χ1n) is 7.60. The van der Waals surface area contributed by atoms with Crippen LogP contribution in [0.2, 0.25) is 5.02 Å². The Balaban J connectivity index is 0. The van der Waals surface area contributed by atoms with Gasteiger partial charge < -0.3 is 31.1 Å². The predicted molar refractivity (Wildman–Crippen MR) is 104 cm³/mol. The van der Waals surface area contributed by atoms with E-state index in [0.717, 1.165) is 0 Å². The Morgan fingerprint density at radius 1 is 1.10 bits per heavy atom. The van der Waals surface area contributed by atoms with Gasteiger partial charge in [-0.25, -0.2) is 0 Å². The number of fused-ring (bicyclic) bond motifs is 1. The van der Waals surface area contributed by atoms with Gasteiger partial charge in [0.1, 0.15) is 5.75 Å². The number of halogens is 1. The van der Waals surface area contributed by atoms with E-state index in [4.69, 9.17) is 16.3 Å². The van der Waals surface area contributed by atoms with E-state index in [2.05, 4.69) is 0 Å². The van der Waals surface area contributed by atoms with Crippen molar-refractivity contribution in [2.75, 3.05) is 7.11 Å². The fraction of sp³-hybridized carbons (Fsp3) is 0.158. The van der Waals surface area contributed by atoms with Crippen LogP contribution in [0.15, 0.2) is 42.5 Å². The van der Waals surface area contributed by atoms with E-state index in [-0.39, 0.29) is 58.3 Å². The number of carbonyl (C=O) groups is 2. The van der Waals surface area contributed by atoms with E-state index >= 15 is 0 Å². The number of nitrogens with zero attached hydrogens (tertiary/aromatic N) is 1. The normalized spacial score (nSPS) is 9.34. The molecule has 3 aromatic rings. The summed E-state index contributed by atoms with van der Waals surface area (Å²) >= 11 is 5.98. The number of aliphatic carboxylic acids is 1. The van der Waals surface area contributed by atoms with Crippen LogP contribution in [0.4, 0.5) is 0 Å². The molecule has 0 spiro atoms. The molecule has 0 aliphatic rings. The minimum Gasteiger partial charge on any atom is -0.550 e. The largest absolute Gasteiger partial charge is 1.00 e. The van der Waals surface area contributed by atoms with Crippen LogP contribution in [-0.2, 0) is 11.2 Å². The number of carboxylic acids is 1. The molecule has 2 aromatic carbocycles. The molecule has 0 bridgehead atoms. The number of ether oxygens (including phenoxy) is 1. The summed E-state index contributed by atoms with van der Waals surface area (Å²) < 4.78 is 6.72. The summed E-state index contributed by atoms with van der Waals surface area (Å²) in [5, 5.41) is 12.3. The van der Waals surface area contributed by atoms with Crippen LogP contribution < -0.4 is 39.4 Å². The summed E-state index contributed by atoms with van der Waals surface area (Å²) in [7, 11) is 1.53. The molecule has 152 valence electrons. The Kier molecular flexibility index (Phi) is 12.1. The molecule has 10 heteroatoms. The van der Waals surface area contributed by atoms with E-state index in [1.54, 1.807) is 49.4 Å². The second-order valence-corrected chi connectivity index (χ2v) is 6.08. The predicted octanol–water partition coefficient (Wildman–Crippen LogP) is -2.88. The fourth-order valence-electron chi connectivity index (χ4n) is 2.97. The van der Waals surface area contributed by atoms with Crippen molar-refractivity contribution >= 4 is 34.4 Å². The van der Waals surface area contributed by atoms with Crippen molar-refractivity contribution in [2.45, 2.75) is 13.3 Å². The van der Waals surface area contributed by atoms with Gasteiger partial charge in [-0.3, -0.25) is 9.36 Å². The van der Waals surface area contributed by atoms with Crippen LogP contribution in [0.25, 0.3) is 10.9 Å². The number of benzene rings is 2. The van der Waals surface area contributed by atoms with Crippen LogP contribution in [0.5, 0.6) is 5.75 Å². The van der Waals surface area contributed by atoms with Crippen molar-refractivity contribution < 1.29 is 65.4 Å². The molecule has 8 nitrogen and oxygen atoms in total. The number of hydrogen-bond acceptors (Lipinski definition) is 4. The van der Waals surface area contributed by atoms with Gasteiger partial charge in [0.15, 0.2) is 0 Å². The van der Waals surface area contributed by atoms with E-state index in [9.17, 15) is 14.7 Å². The van der Waals surface area contributed by atoms with Gasteiger partial charge in [0, 0.05) is 34.1 Å². The third-order valence-electron chi connectivity index (χ3n) is 4.14. The van der Waals surface area contributed by atoms with Crippen LogP contribution in [0.1, 0.15) is 21.6 Å². The minimum atomic E-state index is -1.21. The maximum Gasteiger partial charge on any atom is 1.00 e. The molecule has 0 saturated heterocycles. The maximum absolute atomic E-state index is 13.0. The maximum atomic E-state index is 13.0. The zero-order valence-corrected chi connectivity index (χ0v) is 19.0. The molecule has 0 unspecified atom stereocenters.